The first-order valence-corrected chi connectivity index (χ1v) is 10.8. The normalized spacial score (nSPS) is 11.4. The Bertz CT molecular complexity index is 1360. The van der Waals surface area contributed by atoms with Gasteiger partial charge in [0.1, 0.15) is 0 Å². The molecule has 1 amide bonds. The van der Waals surface area contributed by atoms with Gasteiger partial charge in [-0.3, -0.25) is 4.79 Å². The van der Waals surface area contributed by atoms with Crippen LogP contribution in [-0.4, -0.2) is 19.3 Å². The number of nitrogens with one attached hydrogen (secondary N) is 1. The molecule has 7 heteroatoms. The van der Waals surface area contributed by atoms with Gasteiger partial charge in [0, 0.05) is 16.6 Å². The van der Waals surface area contributed by atoms with E-state index in [1.807, 2.05) is 55.5 Å². The Morgan fingerprint density at radius 3 is 2.37 bits per heavy atom. The summed E-state index contributed by atoms with van der Waals surface area (Å²) in [5, 5.41) is 8.67. The number of carbonyl (C=O) groups excluding carboxylic acids is 1. The van der Waals surface area contributed by atoms with Crippen LogP contribution in [0.15, 0.2) is 83.8 Å². The molecule has 0 aliphatic carbocycles. The maximum Gasteiger partial charge on any atom is 0.256 e. The lowest BCUT2D eigenvalue weighted by Crippen LogP contribution is -2.14. The molecule has 4 aromatic rings. The van der Waals surface area contributed by atoms with Crippen LogP contribution in [0.1, 0.15) is 15.9 Å². The second kappa shape index (κ2) is 7.70. The number of rotatable bonds is 4. The van der Waals surface area contributed by atoms with E-state index in [0.717, 1.165) is 16.5 Å². The Morgan fingerprint density at radius 2 is 1.67 bits per heavy atom. The smallest absolute Gasteiger partial charge is 0.256 e. The van der Waals surface area contributed by atoms with Gasteiger partial charge in [-0.1, -0.05) is 42.0 Å². The monoisotopic (exact) mass is 417 g/mol. The van der Waals surface area contributed by atoms with Crippen LogP contribution in [0.25, 0.3) is 22.2 Å². The Labute approximate surface area is 174 Å². The molecule has 0 aliphatic heterocycles. The van der Waals surface area contributed by atoms with Crippen molar-refractivity contribution in [2.45, 2.75) is 11.8 Å². The van der Waals surface area contributed by atoms with Gasteiger partial charge < -0.3 is 5.32 Å². The number of aryl methyl sites for hydroxylation is 1. The summed E-state index contributed by atoms with van der Waals surface area (Å²) in [6.07, 6.45) is 0. The van der Waals surface area contributed by atoms with Crippen molar-refractivity contribution in [3.8, 4) is 11.3 Å². The molecule has 150 valence electrons. The summed E-state index contributed by atoms with van der Waals surface area (Å²) in [6.45, 7) is 2.00. The zero-order valence-electron chi connectivity index (χ0n) is 16.2. The highest BCUT2D eigenvalue weighted by atomic mass is 32.2. The average Bonchev–Trinajstić information content (AvgIpc) is 2.72. The molecule has 0 radical (unpaired) electrons. The summed E-state index contributed by atoms with van der Waals surface area (Å²) >= 11 is 0. The van der Waals surface area contributed by atoms with Crippen LogP contribution >= 0.6 is 0 Å². The number of sulfonamides is 1. The fraction of sp³-hybridized carbons (Fsp3) is 0.0435. The van der Waals surface area contributed by atoms with Gasteiger partial charge in [0.25, 0.3) is 5.91 Å². The maximum atomic E-state index is 13.1. The third-order valence-electron chi connectivity index (χ3n) is 4.72. The minimum absolute atomic E-state index is 0.0170. The molecule has 3 aromatic carbocycles. The van der Waals surface area contributed by atoms with Crippen LogP contribution in [0.4, 0.5) is 5.69 Å². The van der Waals surface area contributed by atoms with E-state index in [-0.39, 0.29) is 10.8 Å². The first-order valence-electron chi connectivity index (χ1n) is 9.22. The second-order valence-corrected chi connectivity index (χ2v) is 8.53. The number of primary sulfonamides is 1. The predicted octanol–water partition coefficient (Wildman–Crippen LogP) is 4.11. The van der Waals surface area contributed by atoms with E-state index in [2.05, 4.69) is 5.32 Å². The van der Waals surface area contributed by atoms with Gasteiger partial charge in [0.2, 0.25) is 10.0 Å². The third-order valence-corrected chi connectivity index (χ3v) is 5.64. The third kappa shape index (κ3) is 4.07. The van der Waals surface area contributed by atoms with Gasteiger partial charge in [-0.25, -0.2) is 18.5 Å². The lowest BCUT2D eigenvalue weighted by atomic mass is 10.0. The van der Waals surface area contributed by atoms with Gasteiger partial charge in [0.15, 0.2) is 0 Å². The number of benzene rings is 3. The molecular formula is C23H19N3O3S. The lowest BCUT2D eigenvalue weighted by Gasteiger charge is -2.11. The molecule has 4 rings (SSSR count). The SMILES string of the molecule is Cc1cccc(-c2cc(C(=O)Nc3ccc(S(N)(=O)=O)cc3)c3ccccc3n2)c1. The minimum atomic E-state index is -3.79. The van der Waals surface area contributed by atoms with Crippen LogP contribution in [0.5, 0.6) is 0 Å². The number of aromatic nitrogens is 1. The van der Waals surface area contributed by atoms with Crippen molar-refractivity contribution in [3.63, 3.8) is 0 Å². The van der Waals surface area contributed by atoms with E-state index in [4.69, 9.17) is 10.1 Å². The lowest BCUT2D eigenvalue weighted by molar-refractivity contribution is 0.102. The number of carbonyl (C=O) groups is 1. The first kappa shape index (κ1) is 19.8. The number of anilines is 1. The van der Waals surface area contributed by atoms with Gasteiger partial charge in [0.05, 0.1) is 21.7 Å². The van der Waals surface area contributed by atoms with Crippen LogP contribution in [0.2, 0.25) is 0 Å². The maximum absolute atomic E-state index is 13.1. The van der Waals surface area contributed by atoms with Crippen molar-refractivity contribution in [2.75, 3.05) is 5.32 Å². The number of fused-ring (bicyclic) bond motifs is 1. The number of hydrogen-bond acceptors (Lipinski definition) is 4. The number of hydrogen-bond donors (Lipinski definition) is 2. The molecule has 6 nitrogen and oxygen atoms in total. The van der Waals surface area contributed by atoms with Crippen molar-refractivity contribution in [3.05, 3.63) is 90.0 Å². The van der Waals surface area contributed by atoms with Crippen LogP contribution in [0.3, 0.4) is 0 Å². The first-order chi connectivity index (χ1) is 14.3. The van der Waals surface area contributed by atoms with Crippen molar-refractivity contribution in [2.24, 2.45) is 5.14 Å². The Balaban J connectivity index is 1.74. The topological polar surface area (TPSA) is 102 Å². The summed E-state index contributed by atoms with van der Waals surface area (Å²) in [5.41, 5.74) is 4.38. The van der Waals surface area contributed by atoms with E-state index in [1.165, 1.54) is 24.3 Å². The highest BCUT2D eigenvalue weighted by molar-refractivity contribution is 7.89. The van der Waals surface area contributed by atoms with Gasteiger partial charge >= 0.3 is 0 Å². The van der Waals surface area contributed by atoms with Crippen LogP contribution in [0, 0.1) is 6.92 Å². The fourth-order valence-electron chi connectivity index (χ4n) is 3.24. The predicted molar refractivity (Wildman–Crippen MR) is 118 cm³/mol. The van der Waals surface area contributed by atoms with E-state index >= 15 is 0 Å². The summed E-state index contributed by atoms with van der Waals surface area (Å²) in [6, 6.07) is 22.9. The van der Waals surface area contributed by atoms with Gasteiger partial charge in [-0.2, -0.15) is 0 Å². The summed E-state index contributed by atoms with van der Waals surface area (Å²) in [5.74, 6) is -0.314. The van der Waals surface area contributed by atoms with Gasteiger partial charge in [-0.15, -0.1) is 0 Å². The Hall–Kier alpha value is -3.55. The van der Waals surface area contributed by atoms with Crippen molar-refractivity contribution >= 4 is 32.5 Å². The number of pyridine rings is 1. The molecular weight excluding hydrogens is 398 g/mol. The molecule has 0 atom stereocenters. The molecule has 0 saturated carbocycles. The summed E-state index contributed by atoms with van der Waals surface area (Å²) in [7, 11) is -3.79. The van der Waals surface area contributed by atoms with Crippen LogP contribution in [-0.2, 0) is 10.0 Å². The van der Waals surface area contributed by atoms with E-state index in [0.29, 0.717) is 22.5 Å². The van der Waals surface area contributed by atoms with Crippen LogP contribution < -0.4 is 10.5 Å². The summed E-state index contributed by atoms with van der Waals surface area (Å²) < 4.78 is 22.8. The van der Waals surface area contributed by atoms with E-state index in [1.54, 1.807) is 6.07 Å². The summed E-state index contributed by atoms with van der Waals surface area (Å²) in [4.78, 5) is 17.8. The number of amides is 1. The van der Waals surface area contributed by atoms with E-state index < -0.39 is 10.0 Å². The average molecular weight is 417 g/mol. The standard InChI is InChI=1S/C23H19N3O3S/c1-15-5-4-6-16(13-15)22-14-20(19-7-2-3-8-21(19)26-22)23(27)25-17-9-11-18(12-10-17)30(24,28)29/h2-14H,1H3,(H,25,27)(H2,24,28,29). The Morgan fingerprint density at radius 1 is 0.933 bits per heavy atom. The molecule has 30 heavy (non-hydrogen) atoms. The Kier molecular flexibility index (Phi) is 5.07. The molecule has 1 aromatic heterocycles. The molecule has 0 unspecified atom stereocenters. The minimum Gasteiger partial charge on any atom is -0.322 e. The molecule has 1 heterocycles. The quantitative estimate of drug-likeness (QED) is 0.522. The number of nitrogens with zero attached hydrogens (tertiary/aromatic N) is 1. The highest BCUT2D eigenvalue weighted by Crippen LogP contribution is 2.26. The molecule has 0 saturated heterocycles. The van der Waals surface area contributed by atoms with E-state index in [9.17, 15) is 13.2 Å². The largest absolute Gasteiger partial charge is 0.322 e. The number of nitrogens with two attached hydrogens (primary N) is 1. The molecule has 0 aliphatic rings. The molecule has 0 fully saturated rings. The molecule has 3 N–H and O–H groups in total. The zero-order valence-corrected chi connectivity index (χ0v) is 17.0. The zero-order chi connectivity index (χ0) is 21.3. The fourth-order valence-corrected chi connectivity index (χ4v) is 3.76. The number of para-hydroxylation sites is 1. The molecule has 0 spiro atoms. The highest BCUT2D eigenvalue weighted by Gasteiger charge is 2.15. The van der Waals surface area contributed by atoms with Gasteiger partial charge in [-0.05, 0) is 49.4 Å². The van der Waals surface area contributed by atoms with Crippen molar-refractivity contribution < 1.29 is 13.2 Å². The second-order valence-electron chi connectivity index (χ2n) is 6.97. The van der Waals surface area contributed by atoms with Crippen molar-refractivity contribution in [1.82, 2.24) is 4.98 Å². The molecule has 0 bridgehead atoms. The van der Waals surface area contributed by atoms with Crippen molar-refractivity contribution in [1.29, 1.82) is 0 Å².